The van der Waals surface area contributed by atoms with Crippen molar-refractivity contribution in [2.45, 2.75) is 19.3 Å². The molecule has 3 aromatic rings. The van der Waals surface area contributed by atoms with Crippen molar-refractivity contribution in [1.29, 1.82) is 0 Å². The van der Waals surface area contributed by atoms with Crippen molar-refractivity contribution in [2.75, 3.05) is 5.32 Å². The van der Waals surface area contributed by atoms with Gasteiger partial charge in [-0.05, 0) is 19.1 Å². The quantitative estimate of drug-likeness (QED) is 0.677. The van der Waals surface area contributed by atoms with Crippen molar-refractivity contribution in [3.05, 3.63) is 70.2 Å². The summed E-state index contributed by atoms with van der Waals surface area (Å²) in [6, 6.07) is 14.7. The molecule has 1 atom stereocenters. The third-order valence-electron chi connectivity index (χ3n) is 4.59. The van der Waals surface area contributed by atoms with Gasteiger partial charge in [0, 0.05) is 28.1 Å². The van der Waals surface area contributed by atoms with Gasteiger partial charge in [0.05, 0.1) is 11.6 Å². The first kappa shape index (κ1) is 16.5. The number of carbonyl (C=O) groups is 2. The molecule has 2 N–H and O–H groups in total. The summed E-state index contributed by atoms with van der Waals surface area (Å²) in [5, 5.41) is 10.5. The zero-order valence-corrected chi connectivity index (χ0v) is 14.8. The van der Waals surface area contributed by atoms with Gasteiger partial charge in [0.25, 0.3) is 0 Å². The van der Waals surface area contributed by atoms with E-state index < -0.39 is 5.92 Å². The molecular weight excluding hydrogens is 350 g/mol. The Balaban J connectivity index is 1.80. The van der Waals surface area contributed by atoms with E-state index in [1.165, 1.54) is 0 Å². The predicted molar refractivity (Wildman–Crippen MR) is 101 cm³/mol. The lowest BCUT2D eigenvalue weighted by atomic mass is 9.84. The highest BCUT2D eigenvalue weighted by atomic mass is 35.5. The minimum absolute atomic E-state index is 0.0855. The molecule has 2 aromatic carbocycles. The maximum absolute atomic E-state index is 13.1. The number of nitrogens with zero attached hydrogens (tertiary/aromatic N) is 1. The number of aromatic nitrogens is 2. The summed E-state index contributed by atoms with van der Waals surface area (Å²) in [4.78, 5) is 25.2. The zero-order valence-electron chi connectivity index (χ0n) is 14.0. The molecule has 0 saturated heterocycles. The molecule has 0 fully saturated rings. The highest BCUT2D eigenvalue weighted by Gasteiger charge is 2.35. The van der Waals surface area contributed by atoms with Crippen LogP contribution in [0, 0.1) is 6.92 Å². The molecule has 0 aliphatic carbocycles. The van der Waals surface area contributed by atoms with Crippen molar-refractivity contribution in [3.8, 4) is 11.3 Å². The van der Waals surface area contributed by atoms with Gasteiger partial charge in [-0.3, -0.25) is 14.7 Å². The first-order valence-corrected chi connectivity index (χ1v) is 8.65. The molecule has 1 aliphatic heterocycles. The van der Waals surface area contributed by atoms with Crippen LogP contribution in [0.25, 0.3) is 11.3 Å². The maximum Gasteiger partial charge on any atom is 0.226 e. The molecule has 6 heteroatoms. The Morgan fingerprint density at radius 2 is 1.81 bits per heavy atom. The Bertz CT molecular complexity index is 991. The molecule has 26 heavy (non-hydrogen) atoms. The Kier molecular flexibility index (Phi) is 4.09. The van der Waals surface area contributed by atoms with Crippen LogP contribution in [0.5, 0.6) is 0 Å². The number of rotatable bonds is 3. The summed E-state index contributed by atoms with van der Waals surface area (Å²) in [6.07, 6.45) is 0.0971. The number of amides is 1. The Labute approximate surface area is 155 Å². The van der Waals surface area contributed by atoms with Gasteiger partial charge < -0.3 is 5.32 Å². The zero-order chi connectivity index (χ0) is 18.3. The van der Waals surface area contributed by atoms with Gasteiger partial charge in [-0.15, -0.1) is 0 Å². The van der Waals surface area contributed by atoms with Gasteiger partial charge in [0.2, 0.25) is 5.91 Å². The van der Waals surface area contributed by atoms with E-state index in [1.807, 2.05) is 31.2 Å². The van der Waals surface area contributed by atoms with Crippen LogP contribution in [-0.4, -0.2) is 21.9 Å². The van der Waals surface area contributed by atoms with Crippen molar-refractivity contribution in [1.82, 2.24) is 10.2 Å². The second-order valence-corrected chi connectivity index (χ2v) is 6.84. The number of fused-ring (bicyclic) bond motifs is 1. The smallest absolute Gasteiger partial charge is 0.226 e. The fraction of sp³-hybridized carbons (Fsp3) is 0.150. The van der Waals surface area contributed by atoms with Crippen molar-refractivity contribution >= 4 is 29.1 Å². The van der Waals surface area contributed by atoms with Crippen LogP contribution in [0.1, 0.15) is 33.8 Å². The van der Waals surface area contributed by atoms with Crippen LogP contribution in [0.4, 0.5) is 5.82 Å². The lowest BCUT2D eigenvalue weighted by molar-refractivity contribution is -0.116. The molecule has 0 spiro atoms. The average Bonchev–Trinajstić information content (AvgIpc) is 3.05. The molecule has 1 unspecified atom stereocenters. The van der Waals surface area contributed by atoms with E-state index in [1.54, 1.807) is 24.3 Å². The van der Waals surface area contributed by atoms with Crippen LogP contribution >= 0.6 is 11.6 Å². The normalized spacial score (nSPS) is 16.1. The van der Waals surface area contributed by atoms with Crippen LogP contribution in [-0.2, 0) is 4.79 Å². The molecule has 130 valence electrons. The summed E-state index contributed by atoms with van der Waals surface area (Å²) in [7, 11) is 0. The van der Waals surface area contributed by atoms with Gasteiger partial charge in [-0.2, -0.15) is 5.10 Å². The molecule has 4 rings (SSSR count). The number of halogens is 1. The lowest BCUT2D eigenvalue weighted by Crippen LogP contribution is -2.27. The summed E-state index contributed by atoms with van der Waals surface area (Å²) >= 11 is 5.97. The fourth-order valence-electron chi connectivity index (χ4n) is 3.24. The Morgan fingerprint density at radius 1 is 1.12 bits per heavy atom. The standard InChI is InChI=1S/C20H16ClN3O2/c1-11-2-4-13(5-3-11)19(26)15-10-16(25)22-20-17(15)18(23-24-20)12-6-8-14(21)9-7-12/h2-9,15H,10H2,1H3,(H2,22,23,24,25). The van der Waals surface area contributed by atoms with E-state index in [9.17, 15) is 9.59 Å². The van der Waals surface area contributed by atoms with E-state index in [-0.39, 0.29) is 18.1 Å². The number of hydrogen-bond donors (Lipinski definition) is 2. The fourth-order valence-corrected chi connectivity index (χ4v) is 3.36. The van der Waals surface area contributed by atoms with Crippen LogP contribution in [0.2, 0.25) is 5.02 Å². The second-order valence-electron chi connectivity index (χ2n) is 6.40. The number of nitrogens with one attached hydrogen (secondary N) is 2. The highest BCUT2D eigenvalue weighted by Crippen LogP contribution is 2.40. The van der Waals surface area contributed by atoms with Gasteiger partial charge >= 0.3 is 0 Å². The number of carbonyl (C=O) groups excluding carboxylic acids is 2. The Morgan fingerprint density at radius 3 is 2.50 bits per heavy atom. The number of aromatic amines is 1. The van der Waals surface area contributed by atoms with Crippen molar-refractivity contribution in [2.24, 2.45) is 0 Å². The van der Waals surface area contributed by atoms with E-state index in [0.717, 1.165) is 22.4 Å². The van der Waals surface area contributed by atoms with Crippen molar-refractivity contribution in [3.63, 3.8) is 0 Å². The number of ketones is 1. The minimum Gasteiger partial charge on any atom is -0.309 e. The molecule has 1 aromatic heterocycles. The number of benzene rings is 2. The second kappa shape index (κ2) is 6.42. The molecule has 0 saturated carbocycles. The lowest BCUT2D eigenvalue weighted by Gasteiger charge is -2.22. The van der Waals surface area contributed by atoms with Crippen LogP contribution in [0.3, 0.4) is 0 Å². The van der Waals surface area contributed by atoms with Crippen molar-refractivity contribution < 1.29 is 9.59 Å². The maximum atomic E-state index is 13.1. The third-order valence-corrected chi connectivity index (χ3v) is 4.84. The summed E-state index contributed by atoms with van der Waals surface area (Å²) in [5.41, 5.74) is 3.97. The summed E-state index contributed by atoms with van der Waals surface area (Å²) in [6.45, 7) is 1.97. The molecule has 5 nitrogen and oxygen atoms in total. The SMILES string of the molecule is Cc1ccc(C(=O)C2CC(=O)Nc3n[nH]c(-c4ccc(Cl)cc4)c32)cc1. The van der Waals surface area contributed by atoms with E-state index >= 15 is 0 Å². The number of H-pyrrole nitrogens is 1. The highest BCUT2D eigenvalue weighted by molar-refractivity contribution is 6.30. The molecule has 1 aliphatic rings. The molecular formula is C20H16ClN3O2. The minimum atomic E-state index is -0.578. The number of Topliss-reactive ketones (excluding diaryl/α,β-unsaturated/α-hetero) is 1. The summed E-state index contributed by atoms with van der Waals surface area (Å²) in [5.74, 6) is -0.461. The van der Waals surface area contributed by atoms with Gasteiger partial charge in [0.1, 0.15) is 0 Å². The Hall–Kier alpha value is -2.92. The molecule has 0 bridgehead atoms. The first-order chi connectivity index (χ1) is 12.5. The number of hydrogen-bond acceptors (Lipinski definition) is 3. The first-order valence-electron chi connectivity index (χ1n) is 8.28. The van der Waals surface area contributed by atoms with E-state index in [0.29, 0.717) is 16.4 Å². The van der Waals surface area contributed by atoms with E-state index in [2.05, 4.69) is 15.5 Å². The summed E-state index contributed by atoms with van der Waals surface area (Å²) < 4.78 is 0. The van der Waals surface area contributed by atoms with Crippen LogP contribution in [0.15, 0.2) is 48.5 Å². The van der Waals surface area contributed by atoms with Gasteiger partial charge in [-0.25, -0.2) is 0 Å². The van der Waals surface area contributed by atoms with E-state index in [4.69, 9.17) is 11.6 Å². The number of anilines is 1. The predicted octanol–water partition coefficient (Wildman–Crippen LogP) is 4.35. The topological polar surface area (TPSA) is 74.8 Å². The molecule has 1 amide bonds. The molecule has 0 radical (unpaired) electrons. The van der Waals surface area contributed by atoms with Gasteiger partial charge in [0.15, 0.2) is 11.6 Å². The number of aryl methyl sites for hydroxylation is 1. The monoisotopic (exact) mass is 365 g/mol. The third kappa shape index (κ3) is 2.91. The average molecular weight is 366 g/mol. The van der Waals surface area contributed by atoms with Crippen LogP contribution < -0.4 is 5.32 Å². The largest absolute Gasteiger partial charge is 0.309 e. The molecule has 2 heterocycles. The van der Waals surface area contributed by atoms with Gasteiger partial charge in [-0.1, -0.05) is 53.6 Å².